The molecule has 0 unspecified atom stereocenters. The Bertz CT molecular complexity index is 451. The molecule has 0 aliphatic carbocycles. The standard InChI is InChI=1S/C8H10ClN3O2/c1-3-5(7(10)12-14)8(13)11-4(2)6(3)9/h14H,1-2H3,(H2,10,12)(H,11,13). The number of oxime groups is 1. The van der Waals surface area contributed by atoms with Crippen molar-refractivity contribution < 1.29 is 5.21 Å². The monoisotopic (exact) mass is 215 g/mol. The number of hydrogen-bond donors (Lipinski definition) is 3. The van der Waals surface area contributed by atoms with E-state index < -0.39 is 5.56 Å². The fourth-order valence-electron chi connectivity index (χ4n) is 1.21. The van der Waals surface area contributed by atoms with Crippen molar-refractivity contribution in [1.82, 2.24) is 4.98 Å². The first kappa shape index (κ1) is 10.6. The third-order valence-corrected chi connectivity index (χ3v) is 2.49. The number of nitrogens with zero attached hydrogens (tertiary/aromatic N) is 1. The number of rotatable bonds is 1. The summed E-state index contributed by atoms with van der Waals surface area (Å²) >= 11 is 5.89. The van der Waals surface area contributed by atoms with E-state index in [-0.39, 0.29) is 11.4 Å². The van der Waals surface area contributed by atoms with Gasteiger partial charge in [0.15, 0.2) is 5.84 Å². The molecule has 0 aromatic carbocycles. The molecule has 14 heavy (non-hydrogen) atoms. The van der Waals surface area contributed by atoms with E-state index in [4.69, 9.17) is 22.5 Å². The lowest BCUT2D eigenvalue weighted by molar-refractivity contribution is 0.318. The second kappa shape index (κ2) is 3.71. The van der Waals surface area contributed by atoms with Crippen molar-refractivity contribution in [3.05, 3.63) is 32.2 Å². The molecule has 0 aliphatic heterocycles. The quantitative estimate of drug-likeness (QED) is 0.279. The number of nitrogens with one attached hydrogen (secondary N) is 1. The Hall–Kier alpha value is -1.49. The fourth-order valence-corrected chi connectivity index (χ4v) is 1.35. The Morgan fingerprint density at radius 3 is 2.64 bits per heavy atom. The van der Waals surface area contributed by atoms with Gasteiger partial charge < -0.3 is 15.9 Å². The number of pyridine rings is 1. The Kier molecular flexibility index (Phi) is 2.81. The SMILES string of the molecule is Cc1[nH]c(=O)c(C(N)=NO)c(C)c1Cl. The molecule has 0 spiro atoms. The summed E-state index contributed by atoms with van der Waals surface area (Å²) in [5.41, 5.74) is 6.08. The molecule has 1 heterocycles. The lowest BCUT2D eigenvalue weighted by Gasteiger charge is -2.06. The predicted molar refractivity (Wildman–Crippen MR) is 54.1 cm³/mol. The van der Waals surface area contributed by atoms with Crippen molar-refractivity contribution in [1.29, 1.82) is 0 Å². The first-order valence-electron chi connectivity index (χ1n) is 3.86. The first-order valence-corrected chi connectivity index (χ1v) is 4.23. The Morgan fingerprint density at radius 2 is 2.14 bits per heavy atom. The van der Waals surface area contributed by atoms with Crippen molar-refractivity contribution in [2.24, 2.45) is 10.9 Å². The third kappa shape index (κ3) is 1.58. The molecule has 1 aromatic heterocycles. The predicted octanol–water partition coefficient (Wildman–Crippen LogP) is 0.740. The molecule has 4 N–H and O–H groups in total. The molecule has 1 aromatic rings. The highest BCUT2D eigenvalue weighted by molar-refractivity contribution is 6.32. The normalized spacial score (nSPS) is 11.8. The molecule has 0 amide bonds. The van der Waals surface area contributed by atoms with Gasteiger partial charge in [0.2, 0.25) is 0 Å². The van der Waals surface area contributed by atoms with Crippen molar-refractivity contribution in [3.8, 4) is 0 Å². The van der Waals surface area contributed by atoms with E-state index in [0.717, 1.165) is 0 Å². The molecule has 6 heteroatoms. The number of H-pyrrole nitrogens is 1. The van der Waals surface area contributed by atoms with Crippen LogP contribution in [0.3, 0.4) is 0 Å². The zero-order chi connectivity index (χ0) is 10.9. The number of amidine groups is 1. The number of aryl methyl sites for hydroxylation is 1. The van der Waals surface area contributed by atoms with Gasteiger partial charge in [-0.2, -0.15) is 0 Å². The molecule has 0 bridgehead atoms. The van der Waals surface area contributed by atoms with Crippen molar-refractivity contribution in [2.75, 3.05) is 0 Å². The van der Waals surface area contributed by atoms with E-state index in [1.54, 1.807) is 13.8 Å². The Morgan fingerprint density at radius 1 is 1.57 bits per heavy atom. The van der Waals surface area contributed by atoms with Gasteiger partial charge in [-0.05, 0) is 19.4 Å². The highest BCUT2D eigenvalue weighted by Gasteiger charge is 2.13. The van der Waals surface area contributed by atoms with Crippen LogP contribution in [0.5, 0.6) is 0 Å². The highest BCUT2D eigenvalue weighted by Crippen LogP contribution is 2.18. The zero-order valence-electron chi connectivity index (χ0n) is 7.76. The van der Waals surface area contributed by atoms with Crippen LogP contribution >= 0.6 is 11.6 Å². The van der Waals surface area contributed by atoms with Gasteiger partial charge >= 0.3 is 0 Å². The minimum absolute atomic E-state index is 0.100. The van der Waals surface area contributed by atoms with E-state index in [9.17, 15) is 4.79 Å². The Labute approximate surface area is 85.2 Å². The molecule has 0 aliphatic rings. The molecular weight excluding hydrogens is 206 g/mol. The average molecular weight is 216 g/mol. The molecule has 0 fully saturated rings. The summed E-state index contributed by atoms with van der Waals surface area (Å²) in [6.45, 7) is 3.31. The van der Waals surface area contributed by atoms with Crippen LogP contribution in [0.2, 0.25) is 5.02 Å². The van der Waals surface area contributed by atoms with Crippen molar-refractivity contribution >= 4 is 17.4 Å². The summed E-state index contributed by atoms with van der Waals surface area (Å²) in [6.07, 6.45) is 0. The summed E-state index contributed by atoms with van der Waals surface area (Å²) in [7, 11) is 0. The zero-order valence-corrected chi connectivity index (χ0v) is 8.51. The largest absolute Gasteiger partial charge is 0.409 e. The lowest BCUT2D eigenvalue weighted by atomic mass is 10.1. The molecule has 76 valence electrons. The second-order valence-corrected chi connectivity index (χ2v) is 3.26. The van der Waals surface area contributed by atoms with Crippen LogP contribution < -0.4 is 11.3 Å². The molecule has 0 radical (unpaired) electrons. The number of aromatic amines is 1. The molecule has 0 atom stereocenters. The Balaban J connectivity index is 3.61. The van der Waals surface area contributed by atoms with Crippen molar-refractivity contribution in [2.45, 2.75) is 13.8 Å². The minimum atomic E-state index is -0.417. The summed E-state index contributed by atoms with van der Waals surface area (Å²) in [5, 5.41) is 11.6. The summed E-state index contributed by atoms with van der Waals surface area (Å²) in [4.78, 5) is 13.9. The maximum absolute atomic E-state index is 11.4. The second-order valence-electron chi connectivity index (χ2n) is 2.88. The molecular formula is C8H10ClN3O2. The molecule has 0 saturated carbocycles. The van der Waals surface area contributed by atoms with Gasteiger partial charge in [0.25, 0.3) is 5.56 Å². The van der Waals surface area contributed by atoms with Gasteiger partial charge in [0, 0.05) is 5.69 Å². The average Bonchev–Trinajstić information content (AvgIpc) is 2.14. The first-order chi connectivity index (χ1) is 6.49. The topological polar surface area (TPSA) is 91.5 Å². The molecule has 5 nitrogen and oxygen atoms in total. The number of nitrogens with two attached hydrogens (primary N) is 1. The van der Waals surface area contributed by atoms with Gasteiger partial charge in [0.1, 0.15) is 0 Å². The van der Waals surface area contributed by atoms with Crippen LogP contribution in [0.4, 0.5) is 0 Å². The van der Waals surface area contributed by atoms with Gasteiger partial charge in [0.05, 0.1) is 10.6 Å². The lowest BCUT2D eigenvalue weighted by Crippen LogP contribution is -2.27. The van der Waals surface area contributed by atoms with Crippen LogP contribution in [-0.4, -0.2) is 16.0 Å². The van der Waals surface area contributed by atoms with E-state index in [0.29, 0.717) is 16.3 Å². The van der Waals surface area contributed by atoms with Gasteiger partial charge in [-0.1, -0.05) is 16.8 Å². The van der Waals surface area contributed by atoms with Crippen molar-refractivity contribution in [3.63, 3.8) is 0 Å². The minimum Gasteiger partial charge on any atom is -0.409 e. The number of halogens is 1. The summed E-state index contributed by atoms with van der Waals surface area (Å²) in [6, 6.07) is 0. The van der Waals surface area contributed by atoms with Gasteiger partial charge in [-0.3, -0.25) is 4.79 Å². The smallest absolute Gasteiger partial charge is 0.259 e. The van der Waals surface area contributed by atoms with Crippen LogP contribution in [0.15, 0.2) is 9.95 Å². The summed E-state index contributed by atoms with van der Waals surface area (Å²) in [5.74, 6) is -0.245. The maximum atomic E-state index is 11.4. The van der Waals surface area contributed by atoms with E-state index >= 15 is 0 Å². The van der Waals surface area contributed by atoms with Gasteiger partial charge in [-0.15, -0.1) is 0 Å². The van der Waals surface area contributed by atoms with Crippen LogP contribution in [0.25, 0.3) is 0 Å². The van der Waals surface area contributed by atoms with Crippen LogP contribution in [0, 0.1) is 13.8 Å². The van der Waals surface area contributed by atoms with Crippen LogP contribution in [0.1, 0.15) is 16.8 Å². The van der Waals surface area contributed by atoms with E-state index in [1.165, 1.54) is 0 Å². The van der Waals surface area contributed by atoms with E-state index in [2.05, 4.69) is 10.1 Å². The molecule has 0 saturated heterocycles. The van der Waals surface area contributed by atoms with Crippen LogP contribution in [-0.2, 0) is 0 Å². The maximum Gasteiger partial charge on any atom is 0.259 e. The highest BCUT2D eigenvalue weighted by atomic mass is 35.5. The molecule has 1 rings (SSSR count). The summed E-state index contributed by atoms with van der Waals surface area (Å²) < 4.78 is 0. The number of hydrogen-bond acceptors (Lipinski definition) is 3. The van der Waals surface area contributed by atoms with E-state index in [1.807, 2.05) is 0 Å². The number of aromatic nitrogens is 1. The fraction of sp³-hybridized carbons (Fsp3) is 0.250. The third-order valence-electron chi connectivity index (χ3n) is 1.93. The van der Waals surface area contributed by atoms with Gasteiger partial charge in [-0.25, -0.2) is 0 Å².